The third-order valence-corrected chi connectivity index (χ3v) is 1.52. The van der Waals surface area contributed by atoms with Crippen LogP contribution in [0, 0.1) is 17.2 Å². The number of carbonyl (C=O) groups is 1. The van der Waals surface area contributed by atoms with Gasteiger partial charge in [0.25, 0.3) is 0 Å². The largest absolute Gasteiger partial charge is 0.364 e. The molecule has 0 aliphatic carbocycles. The topological polar surface area (TPSA) is 78.9 Å². The standard InChI is InChI=1S/C8H9N3O2/c1-6(4-9)8(12)10-5-7-2-3-13-11-7/h2-3,6H,5H2,1H3,(H,10,12). The van der Waals surface area contributed by atoms with E-state index in [0.29, 0.717) is 12.2 Å². The zero-order chi connectivity index (χ0) is 9.68. The summed E-state index contributed by atoms with van der Waals surface area (Å²) < 4.78 is 4.57. The number of hydrogen-bond donors (Lipinski definition) is 1. The molecule has 0 aliphatic heterocycles. The van der Waals surface area contributed by atoms with Gasteiger partial charge in [-0.3, -0.25) is 4.79 Å². The normalized spacial score (nSPS) is 11.7. The zero-order valence-corrected chi connectivity index (χ0v) is 7.15. The minimum atomic E-state index is -0.632. The molecule has 0 spiro atoms. The second-order valence-corrected chi connectivity index (χ2v) is 2.56. The van der Waals surface area contributed by atoms with Crippen molar-refractivity contribution in [3.8, 4) is 6.07 Å². The Labute approximate surface area is 75.3 Å². The minimum absolute atomic E-state index is 0.293. The highest BCUT2D eigenvalue weighted by atomic mass is 16.5. The fourth-order valence-corrected chi connectivity index (χ4v) is 0.718. The summed E-state index contributed by atoms with van der Waals surface area (Å²) in [7, 11) is 0. The summed E-state index contributed by atoms with van der Waals surface area (Å²) in [6, 6.07) is 3.49. The Kier molecular flexibility index (Phi) is 3.03. The Bertz CT molecular complexity index is 313. The third-order valence-electron chi connectivity index (χ3n) is 1.52. The van der Waals surface area contributed by atoms with Crippen molar-refractivity contribution in [1.82, 2.24) is 10.5 Å². The first-order valence-electron chi connectivity index (χ1n) is 3.80. The number of nitriles is 1. The molecule has 1 unspecified atom stereocenters. The molecule has 0 bridgehead atoms. The van der Waals surface area contributed by atoms with Crippen molar-refractivity contribution >= 4 is 5.91 Å². The average Bonchev–Trinajstić information content (AvgIpc) is 2.65. The highest BCUT2D eigenvalue weighted by molar-refractivity contribution is 5.80. The summed E-state index contributed by atoms with van der Waals surface area (Å²) in [6.45, 7) is 1.83. The van der Waals surface area contributed by atoms with Crippen LogP contribution in [0.5, 0.6) is 0 Å². The van der Waals surface area contributed by atoms with Crippen LogP contribution in [0.15, 0.2) is 16.9 Å². The molecule has 1 atom stereocenters. The van der Waals surface area contributed by atoms with E-state index in [1.54, 1.807) is 6.07 Å². The van der Waals surface area contributed by atoms with Crippen LogP contribution in [-0.2, 0) is 11.3 Å². The van der Waals surface area contributed by atoms with Crippen LogP contribution < -0.4 is 5.32 Å². The molecule has 0 radical (unpaired) electrons. The number of amides is 1. The highest BCUT2D eigenvalue weighted by Gasteiger charge is 2.10. The van der Waals surface area contributed by atoms with Gasteiger partial charge in [-0.05, 0) is 6.92 Å². The Morgan fingerprint density at radius 1 is 1.92 bits per heavy atom. The molecule has 1 heterocycles. The van der Waals surface area contributed by atoms with E-state index in [-0.39, 0.29) is 5.91 Å². The van der Waals surface area contributed by atoms with Gasteiger partial charge in [0.2, 0.25) is 5.91 Å². The van der Waals surface area contributed by atoms with Crippen LogP contribution in [0.3, 0.4) is 0 Å². The van der Waals surface area contributed by atoms with Crippen molar-refractivity contribution < 1.29 is 9.32 Å². The zero-order valence-electron chi connectivity index (χ0n) is 7.15. The molecule has 0 saturated heterocycles. The molecule has 5 nitrogen and oxygen atoms in total. The molecular formula is C8H9N3O2. The van der Waals surface area contributed by atoms with Crippen molar-refractivity contribution in [2.75, 3.05) is 0 Å². The number of rotatable bonds is 3. The van der Waals surface area contributed by atoms with Crippen molar-refractivity contribution in [3.63, 3.8) is 0 Å². The summed E-state index contributed by atoms with van der Waals surface area (Å²) >= 11 is 0. The summed E-state index contributed by atoms with van der Waals surface area (Å²) in [6.07, 6.45) is 1.43. The summed E-state index contributed by atoms with van der Waals surface area (Å²) in [5, 5.41) is 14.6. The smallest absolute Gasteiger partial charge is 0.237 e. The van der Waals surface area contributed by atoms with Gasteiger partial charge < -0.3 is 9.84 Å². The monoisotopic (exact) mass is 179 g/mol. The Morgan fingerprint density at radius 2 is 2.69 bits per heavy atom. The Morgan fingerprint density at radius 3 is 3.23 bits per heavy atom. The quantitative estimate of drug-likeness (QED) is 0.730. The number of nitrogens with one attached hydrogen (secondary N) is 1. The molecule has 0 saturated carbocycles. The van der Waals surface area contributed by atoms with Crippen LogP contribution in [-0.4, -0.2) is 11.1 Å². The lowest BCUT2D eigenvalue weighted by atomic mass is 10.2. The third kappa shape index (κ3) is 2.60. The number of hydrogen-bond acceptors (Lipinski definition) is 4. The summed E-state index contributed by atoms with van der Waals surface area (Å²) in [5.74, 6) is -0.933. The lowest BCUT2D eigenvalue weighted by Gasteiger charge is -2.02. The van der Waals surface area contributed by atoms with Crippen molar-refractivity contribution in [3.05, 3.63) is 18.0 Å². The van der Waals surface area contributed by atoms with Gasteiger partial charge in [-0.15, -0.1) is 0 Å². The van der Waals surface area contributed by atoms with Crippen molar-refractivity contribution in [2.24, 2.45) is 5.92 Å². The predicted molar refractivity (Wildman–Crippen MR) is 43.1 cm³/mol. The molecule has 0 aromatic carbocycles. The second kappa shape index (κ2) is 4.26. The molecular weight excluding hydrogens is 170 g/mol. The fourth-order valence-electron chi connectivity index (χ4n) is 0.718. The van der Waals surface area contributed by atoms with Crippen LogP contribution in [0.2, 0.25) is 0 Å². The first-order chi connectivity index (χ1) is 6.24. The van der Waals surface area contributed by atoms with E-state index in [4.69, 9.17) is 5.26 Å². The van der Waals surface area contributed by atoms with Gasteiger partial charge in [0.1, 0.15) is 17.9 Å². The van der Waals surface area contributed by atoms with E-state index in [0.717, 1.165) is 0 Å². The maximum Gasteiger partial charge on any atom is 0.237 e. The maximum absolute atomic E-state index is 11.1. The molecule has 1 aromatic heterocycles. The number of nitrogens with zero attached hydrogens (tertiary/aromatic N) is 2. The van der Waals surface area contributed by atoms with E-state index in [2.05, 4.69) is 15.0 Å². The molecule has 0 aliphatic rings. The fraction of sp³-hybridized carbons (Fsp3) is 0.375. The predicted octanol–water partition coefficient (Wildman–Crippen LogP) is 0.450. The average molecular weight is 179 g/mol. The van der Waals surface area contributed by atoms with Gasteiger partial charge in [0.15, 0.2) is 0 Å². The van der Waals surface area contributed by atoms with E-state index in [9.17, 15) is 4.79 Å². The SMILES string of the molecule is CC(C#N)C(=O)NCc1ccon1. The van der Waals surface area contributed by atoms with E-state index in [1.807, 2.05) is 6.07 Å². The summed E-state index contributed by atoms with van der Waals surface area (Å²) in [4.78, 5) is 11.1. The summed E-state index contributed by atoms with van der Waals surface area (Å²) in [5.41, 5.74) is 0.637. The van der Waals surface area contributed by atoms with Gasteiger partial charge in [0.05, 0.1) is 12.6 Å². The molecule has 1 aromatic rings. The van der Waals surface area contributed by atoms with E-state index < -0.39 is 5.92 Å². The van der Waals surface area contributed by atoms with Crippen LogP contribution >= 0.6 is 0 Å². The molecule has 68 valence electrons. The maximum atomic E-state index is 11.1. The Hall–Kier alpha value is -1.83. The molecule has 1 rings (SSSR count). The molecule has 0 fully saturated rings. The van der Waals surface area contributed by atoms with Gasteiger partial charge in [-0.25, -0.2) is 0 Å². The van der Waals surface area contributed by atoms with E-state index >= 15 is 0 Å². The molecule has 13 heavy (non-hydrogen) atoms. The molecule has 1 N–H and O–H groups in total. The second-order valence-electron chi connectivity index (χ2n) is 2.56. The van der Waals surface area contributed by atoms with Gasteiger partial charge in [-0.2, -0.15) is 5.26 Å². The number of aromatic nitrogens is 1. The first-order valence-corrected chi connectivity index (χ1v) is 3.80. The molecule has 1 amide bonds. The van der Waals surface area contributed by atoms with Crippen LogP contribution in [0.25, 0.3) is 0 Å². The first kappa shape index (κ1) is 9.26. The highest BCUT2D eigenvalue weighted by Crippen LogP contribution is 1.95. The lowest BCUT2D eigenvalue weighted by Crippen LogP contribution is -2.27. The van der Waals surface area contributed by atoms with Crippen LogP contribution in [0.1, 0.15) is 12.6 Å². The minimum Gasteiger partial charge on any atom is -0.364 e. The molecule has 5 heteroatoms. The van der Waals surface area contributed by atoms with Gasteiger partial charge in [-0.1, -0.05) is 5.16 Å². The van der Waals surface area contributed by atoms with Gasteiger partial charge >= 0.3 is 0 Å². The van der Waals surface area contributed by atoms with E-state index in [1.165, 1.54) is 13.2 Å². The van der Waals surface area contributed by atoms with Crippen molar-refractivity contribution in [1.29, 1.82) is 5.26 Å². The number of carbonyl (C=O) groups excluding carboxylic acids is 1. The lowest BCUT2D eigenvalue weighted by molar-refractivity contribution is -0.123. The van der Waals surface area contributed by atoms with Crippen LogP contribution in [0.4, 0.5) is 0 Å². The van der Waals surface area contributed by atoms with Gasteiger partial charge in [0, 0.05) is 6.07 Å². The van der Waals surface area contributed by atoms with Crippen molar-refractivity contribution in [2.45, 2.75) is 13.5 Å². The Balaban J connectivity index is 2.36.